The predicted octanol–water partition coefficient (Wildman–Crippen LogP) is 6.59. The number of aromatic nitrogens is 2. The van der Waals surface area contributed by atoms with Gasteiger partial charge in [0.05, 0.1) is 34.1 Å². The fraction of sp³-hybridized carbons (Fsp3) is 0.229. The van der Waals surface area contributed by atoms with Crippen molar-refractivity contribution < 1.29 is 35.9 Å². The maximum Gasteiger partial charge on any atom is 0.422 e. The van der Waals surface area contributed by atoms with Gasteiger partial charge in [-0.3, -0.25) is 14.4 Å². The van der Waals surface area contributed by atoms with Crippen molar-refractivity contribution in [3.63, 3.8) is 0 Å². The smallest absolute Gasteiger partial charge is 0.422 e. The number of pyridine rings is 1. The number of nitriles is 1. The van der Waals surface area contributed by atoms with E-state index in [-0.39, 0.29) is 38.7 Å². The topological polar surface area (TPSA) is 130 Å². The largest absolute Gasteiger partial charge is 0.484 e. The summed E-state index contributed by atoms with van der Waals surface area (Å²) in [6.45, 7) is 1.56. The Morgan fingerprint density at radius 1 is 0.980 bits per heavy atom. The minimum Gasteiger partial charge on any atom is -0.484 e. The summed E-state index contributed by atoms with van der Waals surface area (Å²) in [4.78, 5) is 21.6. The van der Waals surface area contributed by atoms with Crippen molar-refractivity contribution in [2.45, 2.75) is 17.6 Å². The predicted molar refractivity (Wildman–Crippen MR) is 183 cm³/mol. The maximum absolute atomic E-state index is 13.6. The highest BCUT2D eigenvalue weighted by Crippen LogP contribution is 2.29. The van der Waals surface area contributed by atoms with Crippen molar-refractivity contribution in [1.29, 1.82) is 5.26 Å². The van der Waals surface area contributed by atoms with Crippen LogP contribution in [0.1, 0.15) is 21.6 Å². The number of sulfonamides is 1. The number of fused-ring (bicyclic) bond motifs is 1. The van der Waals surface area contributed by atoms with E-state index < -0.39 is 22.8 Å². The Bertz CT molecular complexity index is 2210. The average molecular weight is 739 g/mol. The van der Waals surface area contributed by atoms with Crippen LogP contribution < -0.4 is 14.2 Å². The molecule has 1 fully saturated rings. The van der Waals surface area contributed by atoms with Gasteiger partial charge in [-0.05, 0) is 60.2 Å². The van der Waals surface area contributed by atoms with Gasteiger partial charge in [0.2, 0.25) is 5.88 Å². The number of amides is 1. The number of aryl methyl sites for hydroxylation is 1. The molecule has 16 heteroatoms. The van der Waals surface area contributed by atoms with E-state index in [1.807, 2.05) is 18.2 Å². The van der Waals surface area contributed by atoms with Crippen LogP contribution in [-0.2, 0) is 23.6 Å². The average Bonchev–Trinajstić information content (AvgIpc) is 3.43. The van der Waals surface area contributed by atoms with Crippen LogP contribution in [0.25, 0.3) is 10.9 Å². The Morgan fingerprint density at radius 3 is 2.35 bits per heavy atom. The van der Waals surface area contributed by atoms with Crippen LogP contribution in [-0.4, -0.2) is 72.6 Å². The van der Waals surface area contributed by atoms with Gasteiger partial charge in [0, 0.05) is 57.3 Å². The maximum atomic E-state index is 13.6. The molecule has 0 unspecified atom stereocenters. The van der Waals surface area contributed by atoms with Crippen molar-refractivity contribution in [2.75, 3.05) is 37.5 Å². The van der Waals surface area contributed by atoms with E-state index in [2.05, 4.69) is 14.6 Å². The number of nitrogens with one attached hydrogen (secondary N) is 1. The molecule has 0 spiro atoms. The van der Waals surface area contributed by atoms with Crippen LogP contribution in [0.2, 0.25) is 5.02 Å². The van der Waals surface area contributed by atoms with Gasteiger partial charge in [0.15, 0.2) is 6.61 Å². The van der Waals surface area contributed by atoms with Crippen molar-refractivity contribution in [1.82, 2.24) is 19.4 Å². The van der Waals surface area contributed by atoms with E-state index in [1.54, 1.807) is 40.8 Å². The van der Waals surface area contributed by atoms with Gasteiger partial charge in [-0.15, -0.1) is 0 Å². The first-order chi connectivity index (χ1) is 24.3. The monoisotopic (exact) mass is 738 g/mol. The molecule has 1 aliphatic heterocycles. The number of anilines is 1. The molecule has 5 aromatic rings. The Morgan fingerprint density at radius 2 is 1.71 bits per heavy atom. The first-order valence-electron chi connectivity index (χ1n) is 15.5. The summed E-state index contributed by atoms with van der Waals surface area (Å²) in [6.07, 6.45) is -3.09. The zero-order valence-electron chi connectivity index (χ0n) is 27.0. The molecule has 0 radical (unpaired) electrons. The van der Waals surface area contributed by atoms with Gasteiger partial charge < -0.3 is 18.9 Å². The molecule has 0 bridgehead atoms. The summed E-state index contributed by atoms with van der Waals surface area (Å²) >= 11 is 6.08. The first-order valence-corrected chi connectivity index (χ1v) is 17.4. The standard InChI is InChI=1S/C35H30ClF3N6O5S/c1-43-30-18-28(50-33-11-6-26(20-41-33)42-51(47,48)32-10-4-24(19-40)16-29(32)36)9-5-25(30)17-31(43)34(46)45-14-12-44(13-15-45)21-23-2-7-27(8-3-23)49-22-35(37,38)39/h2-11,16-18,20,42H,12-15,21-22H2,1H3. The van der Waals surface area contributed by atoms with E-state index in [9.17, 15) is 26.4 Å². The van der Waals surface area contributed by atoms with Gasteiger partial charge in [0.1, 0.15) is 22.1 Å². The molecule has 2 aromatic heterocycles. The lowest BCUT2D eigenvalue weighted by atomic mass is 10.2. The molecular formula is C35H30ClF3N6O5S. The van der Waals surface area contributed by atoms with E-state index in [0.717, 1.165) is 16.5 Å². The number of alkyl halides is 3. The van der Waals surface area contributed by atoms with Crippen LogP contribution in [0.4, 0.5) is 18.9 Å². The summed E-state index contributed by atoms with van der Waals surface area (Å²) in [5, 5.41) is 9.76. The minimum absolute atomic E-state index is 0.0843. The van der Waals surface area contributed by atoms with Crippen LogP contribution in [0.3, 0.4) is 0 Å². The van der Waals surface area contributed by atoms with E-state index in [1.165, 1.54) is 48.7 Å². The Balaban J connectivity index is 1.05. The van der Waals surface area contributed by atoms with Crippen LogP contribution in [0.5, 0.6) is 17.4 Å². The molecule has 51 heavy (non-hydrogen) atoms. The number of piperazine rings is 1. The SMILES string of the molecule is Cn1c(C(=O)N2CCN(Cc3ccc(OCC(F)(F)F)cc3)CC2)cc2ccc(Oc3ccc(NS(=O)(=O)c4ccc(C#N)cc4Cl)cn3)cc21. The third-order valence-corrected chi connectivity index (χ3v) is 10.1. The van der Waals surface area contributed by atoms with E-state index in [0.29, 0.717) is 44.2 Å². The second kappa shape index (κ2) is 14.5. The second-order valence-electron chi connectivity index (χ2n) is 11.8. The molecule has 0 aliphatic carbocycles. The van der Waals surface area contributed by atoms with Gasteiger partial charge in [0.25, 0.3) is 15.9 Å². The summed E-state index contributed by atoms with van der Waals surface area (Å²) < 4.78 is 77.8. The van der Waals surface area contributed by atoms with Gasteiger partial charge >= 0.3 is 6.18 Å². The number of hydrogen-bond donors (Lipinski definition) is 1. The van der Waals surface area contributed by atoms with Crippen LogP contribution in [0.15, 0.2) is 90.0 Å². The number of carbonyl (C=O) groups is 1. The normalized spacial score (nSPS) is 13.9. The quantitative estimate of drug-likeness (QED) is 0.170. The molecule has 264 valence electrons. The molecule has 3 heterocycles. The molecule has 0 saturated carbocycles. The Hall–Kier alpha value is -5.30. The number of halogens is 4. The summed E-state index contributed by atoms with van der Waals surface area (Å²) in [7, 11) is -2.24. The van der Waals surface area contributed by atoms with Crippen molar-refractivity contribution >= 4 is 44.1 Å². The minimum atomic E-state index is -4.39. The van der Waals surface area contributed by atoms with Crippen molar-refractivity contribution in [3.8, 4) is 23.4 Å². The third-order valence-electron chi connectivity index (χ3n) is 8.19. The molecule has 6 rings (SSSR count). The molecule has 11 nitrogen and oxygen atoms in total. The summed E-state index contributed by atoms with van der Waals surface area (Å²) in [5.41, 5.74) is 2.62. The lowest BCUT2D eigenvalue weighted by Crippen LogP contribution is -2.48. The van der Waals surface area contributed by atoms with Gasteiger partial charge in [-0.2, -0.15) is 18.4 Å². The molecule has 1 saturated heterocycles. The second-order valence-corrected chi connectivity index (χ2v) is 13.8. The van der Waals surface area contributed by atoms with Crippen molar-refractivity contribution in [3.05, 3.63) is 107 Å². The molecular weight excluding hydrogens is 709 g/mol. The highest BCUT2D eigenvalue weighted by molar-refractivity contribution is 7.92. The number of hydrogen-bond acceptors (Lipinski definition) is 8. The molecule has 0 atom stereocenters. The zero-order valence-corrected chi connectivity index (χ0v) is 28.6. The number of rotatable bonds is 10. The number of benzene rings is 3. The fourth-order valence-corrected chi connectivity index (χ4v) is 7.17. The Labute approximate surface area is 296 Å². The lowest BCUT2D eigenvalue weighted by Gasteiger charge is -2.34. The molecule has 3 aromatic carbocycles. The first kappa shape index (κ1) is 35.5. The number of nitrogens with zero attached hydrogens (tertiary/aromatic N) is 5. The highest BCUT2D eigenvalue weighted by Gasteiger charge is 2.29. The molecule has 1 aliphatic rings. The summed E-state index contributed by atoms with van der Waals surface area (Å²) in [5.74, 6) is 0.718. The fourth-order valence-electron chi connectivity index (χ4n) is 5.58. The number of carbonyl (C=O) groups excluding carboxylic acids is 1. The highest BCUT2D eigenvalue weighted by atomic mass is 35.5. The molecule has 1 N–H and O–H groups in total. The molecule has 1 amide bonds. The van der Waals surface area contributed by atoms with Crippen molar-refractivity contribution in [2.24, 2.45) is 7.05 Å². The number of ether oxygens (including phenoxy) is 2. The van der Waals surface area contributed by atoms with Crippen LogP contribution in [0, 0.1) is 11.3 Å². The van der Waals surface area contributed by atoms with Gasteiger partial charge in [-0.1, -0.05) is 23.7 Å². The zero-order chi connectivity index (χ0) is 36.3. The summed E-state index contributed by atoms with van der Waals surface area (Å²) in [6, 6.07) is 22.5. The van der Waals surface area contributed by atoms with E-state index in [4.69, 9.17) is 26.3 Å². The third kappa shape index (κ3) is 8.54. The Kier molecular flexibility index (Phi) is 10.1. The lowest BCUT2D eigenvalue weighted by molar-refractivity contribution is -0.153. The van der Waals surface area contributed by atoms with Crippen LogP contribution >= 0.6 is 11.6 Å². The van der Waals surface area contributed by atoms with Gasteiger partial charge in [-0.25, -0.2) is 13.4 Å². The van der Waals surface area contributed by atoms with E-state index >= 15 is 0 Å².